The predicted molar refractivity (Wildman–Crippen MR) is 118 cm³/mol. The van der Waals surface area contributed by atoms with Crippen molar-refractivity contribution in [3.05, 3.63) is 80.9 Å². The van der Waals surface area contributed by atoms with Gasteiger partial charge in [-0.15, -0.1) is 0 Å². The van der Waals surface area contributed by atoms with Crippen LogP contribution in [0.5, 0.6) is 0 Å². The van der Waals surface area contributed by atoms with E-state index in [1.165, 1.54) is 36.1 Å². The number of rotatable bonds is 7. The summed E-state index contributed by atoms with van der Waals surface area (Å²) in [5.74, 6) is -2.34. The van der Waals surface area contributed by atoms with Crippen molar-refractivity contribution in [2.75, 3.05) is 0 Å². The van der Waals surface area contributed by atoms with Gasteiger partial charge >= 0.3 is 5.97 Å². The van der Waals surface area contributed by atoms with Crippen LogP contribution in [0.3, 0.4) is 0 Å². The van der Waals surface area contributed by atoms with Gasteiger partial charge in [0.2, 0.25) is 5.91 Å². The third kappa shape index (κ3) is 3.96. The summed E-state index contributed by atoms with van der Waals surface area (Å²) in [5, 5.41) is 20.9. The number of aliphatic hydroxyl groups excluding tert-OH is 1. The van der Waals surface area contributed by atoms with Gasteiger partial charge < -0.3 is 14.7 Å². The zero-order valence-corrected chi connectivity index (χ0v) is 18.7. The average molecular weight is 471 g/mol. The quantitative estimate of drug-likeness (QED) is 0.285. The maximum Gasteiger partial charge on any atom is 0.356 e. The minimum Gasteiger partial charge on any atom is -0.456 e. The molecule has 33 heavy (non-hydrogen) atoms. The Labute approximate surface area is 192 Å². The maximum absolute atomic E-state index is 13.4. The van der Waals surface area contributed by atoms with E-state index in [1.54, 1.807) is 37.3 Å². The zero-order valence-electron chi connectivity index (χ0n) is 17.9. The normalized spacial score (nSPS) is 23.5. The first-order valence-corrected chi connectivity index (χ1v) is 11.5. The van der Waals surface area contributed by atoms with Crippen molar-refractivity contribution in [1.82, 2.24) is 4.90 Å². The molecular formula is C23H22N2O7S. The number of nitrogens with zero attached hydrogens (tertiary/aromatic N) is 2. The van der Waals surface area contributed by atoms with Gasteiger partial charge in [-0.3, -0.25) is 14.9 Å². The molecule has 0 aliphatic carbocycles. The second-order valence-corrected chi connectivity index (χ2v) is 9.50. The van der Waals surface area contributed by atoms with Crippen molar-refractivity contribution in [2.24, 2.45) is 11.8 Å². The Morgan fingerprint density at radius 3 is 2.42 bits per heavy atom. The molecule has 0 radical (unpaired) electrons. The summed E-state index contributed by atoms with van der Waals surface area (Å²) in [6.07, 6.45) is -0.914. The van der Waals surface area contributed by atoms with Crippen LogP contribution in [0.15, 0.2) is 70.1 Å². The molecule has 2 heterocycles. The summed E-state index contributed by atoms with van der Waals surface area (Å²) in [7, 11) is -1.71. The number of esters is 1. The molecule has 1 fully saturated rings. The lowest BCUT2D eigenvalue weighted by atomic mass is 9.79. The molecule has 4 rings (SSSR count). The standard InChI is InChI=1S/C23H22N2O7S/c1-13-19-18(14(2)26)22(27)24(19)20(21(13)33(31)17-6-4-3-5-7-17)23(28)32-12-15-8-10-16(11-9-15)25(29)30/h3-11,13-14,18-19,26H,12H2,1-2H3/t13-,14?,18-,19-,33?/m1/s1. The van der Waals surface area contributed by atoms with Gasteiger partial charge in [-0.05, 0) is 36.8 Å². The van der Waals surface area contributed by atoms with Crippen molar-refractivity contribution >= 4 is 28.4 Å². The lowest BCUT2D eigenvalue weighted by Gasteiger charge is -2.46. The Balaban J connectivity index is 1.64. The number of non-ortho nitro benzene ring substituents is 1. The molecule has 1 amide bonds. The van der Waals surface area contributed by atoms with Crippen LogP contribution in [-0.4, -0.2) is 43.2 Å². The third-order valence-corrected chi connectivity index (χ3v) is 7.64. The first kappa shape index (κ1) is 22.8. The minimum atomic E-state index is -1.71. The molecule has 1 saturated heterocycles. The number of fused-ring (bicyclic) bond motifs is 1. The molecule has 1 N–H and O–H groups in total. The number of nitro groups is 1. The molecule has 172 valence electrons. The third-order valence-electron chi connectivity index (χ3n) is 5.98. The number of benzene rings is 2. The first-order valence-electron chi connectivity index (χ1n) is 10.3. The summed E-state index contributed by atoms with van der Waals surface area (Å²) in [4.78, 5) is 38.3. The molecule has 0 bridgehead atoms. The highest BCUT2D eigenvalue weighted by Gasteiger charge is 2.61. The van der Waals surface area contributed by atoms with E-state index in [2.05, 4.69) is 0 Å². The van der Waals surface area contributed by atoms with Gasteiger partial charge in [0.1, 0.15) is 12.3 Å². The smallest absolute Gasteiger partial charge is 0.356 e. The van der Waals surface area contributed by atoms with Crippen LogP contribution >= 0.6 is 0 Å². The van der Waals surface area contributed by atoms with Crippen LogP contribution < -0.4 is 0 Å². The van der Waals surface area contributed by atoms with E-state index >= 15 is 0 Å². The van der Waals surface area contributed by atoms with Crippen LogP contribution in [-0.2, 0) is 31.7 Å². The molecule has 2 aliphatic rings. The van der Waals surface area contributed by atoms with Crippen LogP contribution in [0.2, 0.25) is 0 Å². The number of aliphatic hydroxyl groups is 1. The largest absolute Gasteiger partial charge is 0.456 e. The molecule has 2 aromatic rings. The highest BCUT2D eigenvalue weighted by molar-refractivity contribution is 7.89. The van der Waals surface area contributed by atoms with Crippen molar-refractivity contribution in [3.8, 4) is 0 Å². The Morgan fingerprint density at radius 1 is 1.21 bits per heavy atom. The average Bonchev–Trinajstić information content (AvgIpc) is 3.06. The second-order valence-electron chi connectivity index (χ2n) is 8.05. The number of β-lactam (4-membered cyclic amide) rings is 1. The van der Waals surface area contributed by atoms with Crippen molar-refractivity contribution in [1.29, 1.82) is 0 Å². The van der Waals surface area contributed by atoms with E-state index in [1.807, 2.05) is 0 Å². The monoisotopic (exact) mass is 470 g/mol. The van der Waals surface area contributed by atoms with Gasteiger partial charge in [0.05, 0.1) is 38.7 Å². The fourth-order valence-electron chi connectivity index (χ4n) is 4.36. The van der Waals surface area contributed by atoms with Gasteiger partial charge in [0.25, 0.3) is 5.69 Å². The maximum atomic E-state index is 13.4. The molecule has 2 aliphatic heterocycles. The number of ether oxygens (including phenoxy) is 1. The molecule has 0 spiro atoms. The van der Waals surface area contributed by atoms with E-state index in [0.29, 0.717) is 10.5 Å². The van der Waals surface area contributed by atoms with Crippen molar-refractivity contribution in [3.63, 3.8) is 0 Å². The summed E-state index contributed by atoms with van der Waals surface area (Å²) in [5.41, 5.74) is 0.384. The van der Waals surface area contributed by atoms with Crippen LogP contribution in [0, 0.1) is 22.0 Å². The Bertz CT molecular complexity index is 1160. The van der Waals surface area contributed by atoms with E-state index < -0.39 is 51.6 Å². The van der Waals surface area contributed by atoms with E-state index in [4.69, 9.17) is 4.74 Å². The topological polar surface area (TPSA) is 127 Å². The van der Waals surface area contributed by atoms with Gasteiger partial charge in [-0.25, -0.2) is 9.00 Å². The van der Waals surface area contributed by atoms with Crippen molar-refractivity contribution in [2.45, 2.75) is 37.5 Å². The predicted octanol–water partition coefficient (Wildman–Crippen LogP) is 2.51. The molecule has 2 aromatic carbocycles. The zero-order chi connectivity index (χ0) is 23.9. The fraction of sp³-hybridized carbons (Fsp3) is 0.304. The van der Waals surface area contributed by atoms with E-state index in [0.717, 1.165) is 0 Å². The molecule has 0 saturated carbocycles. The number of carbonyl (C=O) groups is 2. The lowest BCUT2D eigenvalue weighted by molar-refractivity contribution is -0.384. The molecule has 2 unspecified atom stereocenters. The van der Waals surface area contributed by atoms with Crippen LogP contribution in [0.25, 0.3) is 0 Å². The Morgan fingerprint density at radius 2 is 1.85 bits per heavy atom. The number of nitro benzene ring substituents is 1. The summed E-state index contributed by atoms with van der Waals surface area (Å²) in [6, 6.07) is 13.7. The highest BCUT2D eigenvalue weighted by atomic mass is 32.2. The molecule has 9 nitrogen and oxygen atoms in total. The second kappa shape index (κ2) is 8.87. The van der Waals surface area contributed by atoms with E-state index in [-0.39, 0.29) is 22.9 Å². The minimum absolute atomic E-state index is 0.0569. The Kier molecular flexibility index (Phi) is 6.13. The van der Waals surface area contributed by atoms with Crippen LogP contribution in [0.1, 0.15) is 19.4 Å². The van der Waals surface area contributed by atoms with Crippen molar-refractivity contribution < 1.29 is 28.6 Å². The van der Waals surface area contributed by atoms with Gasteiger partial charge in [-0.2, -0.15) is 0 Å². The number of hydrogen-bond acceptors (Lipinski definition) is 7. The summed E-state index contributed by atoms with van der Waals surface area (Å²) in [6.45, 7) is 3.13. The fourth-order valence-corrected chi connectivity index (χ4v) is 5.86. The van der Waals surface area contributed by atoms with Gasteiger partial charge in [0, 0.05) is 22.9 Å². The summed E-state index contributed by atoms with van der Waals surface area (Å²) >= 11 is 0. The molecule has 5 atom stereocenters. The van der Waals surface area contributed by atoms with Gasteiger partial charge in [0.15, 0.2) is 0 Å². The first-order chi connectivity index (χ1) is 15.7. The number of hydrogen-bond donors (Lipinski definition) is 1. The van der Waals surface area contributed by atoms with Crippen LogP contribution in [0.4, 0.5) is 5.69 Å². The summed E-state index contributed by atoms with van der Waals surface area (Å²) < 4.78 is 18.8. The lowest BCUT2D eigenvalue weighted by Crippen LogP contribution is -2.63. The Hall–Kier alpha value is -3.37. The molecular weight excluding hydrogens is 448 g/mol. The van der Waals surface area contributed by atoms with E-state index in [9.17, 15) is 29.0 Å². The number of amides is 1. The SMILES string of the molecule is CC(O)[C@H]1C(=O)N2C(C(=O)OCc3ccc([N+](=O)[O-])cc3)=C(S(=O)c3ccccc3)[C@H](C)[C@H]12. The van der Waals surface area contributed by atoms with Gasteiger partial charge in [-0.1, -0.05) is 25.1 Å². The molecule has 0 aromatic heterocycles. The number of carbonyl (C=O) groups excluding carboxylic acids is 2. The molecule has 10 heteroatoms. The highest BCUT2D eigenvalue weighted by Crippen LogP contribution is 2.49.